The van der Waals surface area contributed by atoms with Gasteiger partial charge in [0.05, 0.1) is 7.11 Å². The lowest BCUT2D eigenvalue weighted by molar-refractivity contribution is 0.272. The lowest BCUT2D eigenvalue weighted by Gasteiger charge is -2.16. The maximum Gasteiger partial charge on any atom is 0.122 e. The van der Waals surface area contributed by atoms with Crippen LogP contribution in [0.4, 0.5) is 0 Å². The molecule has 1 unspecified atom stereocenters. The van der Waals surface area contributed by atoms with Gasteiger partial charge in [-0.25, -0.2) is 0 Å². The van der Waals surface area contributed by atoms with E-state index < -0.39 is 0 Å². The highest BCUT2D eigenvalue weighted by molar-refractivity contribution is 5.48. The minimum Gasteiger partial charge on any atom is -0.496 e. The van der Waals surface area contributed by atoms with Crippen molar-refractivity contribution < 1.29 is 9.84 Å². The number of ether oxygens (including phenoxy) is 1. The van der Waals surface area contributed by atoms with Crippen LogP contribution in [-0.2, 0) is 12.8 Å². The highest BCUT2D eigenvalue weighted by Crippen LogP contribution is 2.35. The third-order valence-electron chi connectivity index (χ3n) is 3.30. The molecule has 2 rings (SSSR count). The Kier molecular flexibility index (Phi) is 2.96. The zero-order chi connectivity index (χ0) is 10.8. The second kappa shape index (κ2) is 4.23. The summed E-state index contributed by atoms with van der Waals surface area (Å²) >= 11 is 0. The average molecular weight is 206 g/mol. The van der Waals surface area contributed by atoms with Crippen molar-refractivity contribution in [2.75, 3.05) is 13.7 Å². The molecule has 0 radical (unpaired) electrons. The van der Waals surface area contributed by atoms with E-state index in [1.54, 1.807) is 7.11 Å². The maximum absolute atomic E-state index is 9.21. The highest BCUT2D eigenvalue weighted by atomic mass is 16.5. The number of benzene rings is 1. The first-order valence-electron chi connectivity index (χ1n) is 5.57. The molecule has 0 saturated heterocycles. The Hall–Kier alpha value is -1.02. The molecule has 0 fully saturated rings. The summed E-state index contributed by atoms with van der Waals surface area (Å²) in [6.45, 7) is 2.29. The molecule has 0 spiro atoms. The number of hydrogen-bond donors (Lipinski definition) is 1. The molecule has 1 N–H and O–H groups in total. The van der Waals surface area contributed by atoms with Crippen LogP contribution in [0.25, 0.3) is 0 Å². The van der Waals surface area contributed by atoms with Crippen LogP contribution in [0.3, 0.4) is 0 Å². The minimum absolute atomic E-state index is 0.221. The van der Waals surface area contributed by atoms with Gasteiger partial charge in [0.15, 0.2) is 0 Å². The normalized spacial score (nSPS) is 16.2. The van der Waals surface area contributed by atoms with Crippen molar-refractivity contribution in [3.8, 4) is 5.75 Å². The monoisotopic (exact) mass is 206 g/mol. The first-order chi connectivity index (χ1) is 7.27. The molecule has 0 saturated carbocycles. The predicted octanol–water partition coefficient (Wildman–Crippen LogP) is 2.28. The summed E-state index contributed by atoms with van der Waals surface area (Å²) in [5.74, 6) is 1.25. The summed E-state index contributed by atoms with van der Waals surface area (Å²) in [6.07, 6.45) is 3.46. The smallest absolute Gasteiger partial charge is 0.122 e. The Labute approximate surface area is 90.9 Å². The Morgan fingerprint density at radius 3 is 2.73 bits per heavy atom. The number of aliphatic hydroxyl groups is 1. The SMILES string of the molecule is COc1ccc(C(C)CO)c2c1CCC2. The first-order valence-corrected chi connectivity index (χ1v) is 5.57. The molecule has 1 aromatic carbocycles. The van der Waals surface area contributed by atoms with Gasteiger partial charge in [-0.15, -0.1) is 0 Å². The Morgan fingerprint density at radius 2 is 2.07 bits per heavy atom. The third kappa shape index (κ3) is 1.74. The van der Waals surface area contributed by atoms with Crippen molar-refractivity contribution in [2.24, 2.45) is 0 Å². The molecule has 1 atom stereocenters. The first kappa shape index (κ1) is 10.5. The van der Waals surface area contributed by atoms with E-state index in [0.717, 1.165) is 18.6 Å². The zero-order valence-corrected chi connectivity index (χ0v) is 9.42. The second-order valence-electron chi connectivity index (χ2n) is 4.25. The van der Waals surface area contributed by atoms with Gasteiger partial charge in [0.25, 0.3) is 0 Å². The summed E-state index contributed by atoms with van der Waals surface area (Å²) in [7, 11) is 1.73. The zero-order valence-electron chi connectivity index (χ0n) is 9.42. The fraction of sp³-hybridized carbons (Fsp3) is 0.538. The summed E-state index contributed by atoms with van der Waals surface area (Å²) < 4.78 is 5.36. The van der Waals surface area contributed by atoms with E-state index in [2.05, 4.69) is 13.0 Å². The number of fused-ring (bicyclic) bond motifs is 1. The molecular formula is C13H18O2. The second-order valence-corrected chi connectivity index (χ2v) is 4.25. The van der Waals surface area contributed by atoms with Crippen LogP contribution in [0.2, 0.25) is 0 Å². The van der Waals surface area contributed by atoms with E-state index in [1.807, 2.05) is 6.07 Å². The van der Waals surface area contributed by atoms with Gasteiger partial charge in [-0.05, 0) is 42.0 Å². The maximum atomic E-state index is 9.21. The van der Waals surface area contributed by atoms with Crippen molar-refractivity contribution in [2.45, 2.75) is 32.1 Å². The van der Waals surface area contributed by atoms with Crippen LogP contribution in [0, 0.1) is 0 Å². The molecule has 82 valence electrons. The van der Waals surface area contributed by atoms with Crippen molar-refractivity contribution >= 4 is 0 Å². The van der Waals surface area contributed by atoms with Gasteiger partial charge in [0.2, 0.25) is 0 Å². The van der Waals surface area contributed by atoms with Crippen LogP contribution in [-0.4, -0.2) is 18.8 Å². The van der Waals surface area contributed by atoms with E-state index in [-0.39, 0.29) is 12.5 Å². The predicted molar refractivity (Wildman–Crippen MR) is 60.5 cm³/mol. The van der Waals surface area contributed by atoms with Gasteiger partial charge in [0.1, 0.15) is 5.75 Å². The topological polar surface area (TPSA) is 29.5 Å². The molecule has 0 heterocycles. The Balaban J connectivity index is 2.47. The molecule has 1 aliphatic rings. The molecule has 0 amide bonds. The van der Waals surface area contributed by atoms with E-state index in [1.165, 1.54) is 23.1 Å². The fourth-order valence-electron chi connectivity index (χ4n) is 2.45. The van der Waals surface area contributed by atoms with Crippen LogP contribution in [0.15, 0.2) is 12.1 Å². The number of hydrogen-bond acceptors (Lipinski definition) is 2. The summed E-state index contributed by atoms with van der Waals surface area (Å²) in [4.78, 5) is 0. The Morgan fingerprint density at radius 1 is 1.33 bits per heavy atom. The summed E-state index contributed by atoms with van der Waals surface area (Å²) in [5.41, 5.74) is 4.07. The van der Waals surface area contributed by atoms with Gasteiger partial charge in [-0.3, -0.25) is 0 Å². The van der Waals surface area contributed by atoms with Gasteiger partial charge in [0, 0.05) is 12.5 Å². The van der Waals surface area contributed by atoms with Gasteiger partial charge in [-0.1, -0.05) is 13.0 Å². The largest absolute Gasteiger partial charge is 0.496 e. The van der Waals surface area contributed by atoms with Gasteiger partial charge < -0.3 is 9.84 Å². The molecule has 2 heteroatoms. The summed E-state index contributed by atoms with van der Waals surface area (Å²) in [6, 6.07) is 4.13. The minimum atomic E-state index is 0.221. The number of aliphatic hydroxyl groups excluding tert-OH is 1. The average Bonchev–Trinajstić information content (AvgIpc) is 2.75. The molecule has 1 aliphatic carbocycles. The molecule has 1 aromatic rings. The molecule has 0 bridgehead atoms. The highest BCUT2D eigenvalue weighted by Gasteiger charge is 2.21. The van der Waals surface area contributed by atoms with E-state index in [9.17, 15) is 5.11 Å². The third-order valence-corrected chi connectivity index (χ3v) is 3.30. The lowest BCUT2D eigenvalue weighted by Crippen LogP contribution is -2.04. The lowest BCUT2D eigenvalue weighted by atomic mass is 9.93. The van der Waals surface area contributed by atoms with E-state index in [0.29, 0.717) is 0 Å². The van der Waals surface area contributed by atoms with Gasteiger partial charge >= 0.3 is 0 Å². The van der Waals surface area contributed by atoms with E-state index >= 15 is 0 Å². The van der Waals surface area contributed by atoms with Crippen molar-refractivity contribution in [3.63, 3.8) is 0 Å². The van der Waals surface area contributed by atoms with Crippen molar-refractivity contribution in [3.05, 3.63) is 28.8 Å². The standard InChI is InChI=1S/C13H18O2/c1-9(8-14)10-6-7-13(15-2)12-5-3-4-11(10)12/h6-7,9,14H,3-5,8H2,1-2H3. The molecule has 0 aliphatic heterocycles. The van der Waals surface area contributed by atoms with Crippen molar-refractivity contribution in [1.82, 2.24) is 0 Å². The molecular weight excluding hydrogens is 188 g/mol. The summed E-state index contributed by atoms with van der Waals surface area (Å²) in [5, 5.41) is 9.21. The number of methoxy groups -OCH3 is 1. The molecule has 2 nitrogen and oxygen atoms in total. The van der Waals surface area contributed by atoms with Crippen molar-refractivity contribution in [1.29, 1.82) is 0 Å². The number of rotatable bonds is 3. The Bertz CT molecular complexity index is 358. The molecule has 15 heavy (non-hydrogen) atoms. The molecule has 0 aromatic heterocycles. The van der Waals surface area contributed by atoms with E-state index in [4.69, 9.17) is 4.74 Å². The van der Waals surface area contributed by atoms with Gasteiger partial charge in [-0.2, -0.15) is 0 Å². The fourth-order valence-corrected chi connectivity index (χ4v) is 2.45. The van der Waals surface area contributed by atoms with Crippen LogP contribution < -0.4 is 4.74 Å². The van der Waals surface area contributed by atoms with Crippen LogP contribution in [0.1, 0.15) is 36.0 Å². The quantitative estimate of drug-likeness (QED) is 0.822. The van der Waals surface area contributed by atoms with Crippen LogP contribution in [0.5, 0.6) is 5.75 Å². The van der Waals surface area contributed by atoms with Crippen LogP contribution >= 0.6 is 0 Å².